The Labute approximate surface area is 80.3 Å². The fourth-order valence-corrected chi connectivity index (χ4v) is 4.91. The highest BCUT2D eigenvalue weighted by atomic mass is 32.7. The lowest BCUT2D eigenvalue weighted by Gasteiger charge is -2.13. The maximum atomic E-state index is 2.28. The normalized spacial score (nSPS) is 12.8. The zero-order valence-electron chi connectivity index (χ0n) is 7.66. The second kappa shape index (κ2) is 5.61. The fourth-order valence-electron chi connectivity index (χ4n) is 1.10. The number of hydrogen-bond donors (Lipinski definition) is 0. The molecule has 0 bridgehead atoms. The Balaban J connectivity index is 2.66. The van der Waals surface area contributed by atoms with Gasteiger partial charge in [-0.3, -0.25) is 0 Å². The van der Waals surface area contributed by atoms with E-state index in [9.17, 15) is 0 Å². The van der Waals surface area contributed by atoms with Crippen molar-refractivity contribution in [2.24, 2.45) is 0 Å². The van der Waals surface area contributed by atoms with Gasteiger partial charge in [-0.25, -0.2) is 0 Å². The molecule has 0 radical (unpaired) electrons. The third-order valence-electron chi connectivity index (χ3n) is 1.62. The molecular weight excluding hydrogens is 183 g/mol. The van der Waals surface area contributed by atoms with Crippen molar-refractivity contribution in [2.45, 2.75) is 13.8 Å². The molecule has 0 saturated carbocycles. The molecule has 0 aliphatic rings. The quantitative estimate of drug-likeness (QED) is 0.667. The molecule has 0 fully saturated rings. The lowest BCUT2D eigenvalue weighted by molar-refractivity contribution is 1.51. The first-order valence-corrected chi connectivity index (χ1v) is 7.45. The summed E-state index contributed by atoms with van der Waals surface area (Å²) >= 11 is 2.09. The van der Waals surface area contributed by atoms with Crippen molar-refractivity contribution in [3.8, 4) is 0 Å². The Morgan fingerprint density at radius 3 is 2.33 bits per heavy atom. The van der Waals surface area contributed by atoms with Crippen molar-refractivity contribution in [1.82, 2.24) is 0 Å². The summed E-state index contributed by atoms with van der Waals surface area (Å²) in [4.78, 5) is 0. The maximum Gasteiger partial charge on any atom is -0.00509 e. The Bertz CT molecular complexity index is 210. The van der Waals surface area contributed by atoms with E-state index in [1.165, 1.54) is 17.2 Å². The lowest BCUT2D eigenvalue weighted by Crippen LogP contribution is -1.98. The summed E-state index contributed by atoms with van der Waals surface area (Å²) in [5.41, 5.74) is 0. The molecule has 0 aromatic heterocycles. The van der Waals surface area contributed by atoms with Gasteiger partial charge < -0.3 is 0 Å². The summed E-state index contributed by atoms with van der Waals surface area (Å²) in [7, 11) is 0.0630. The molecule has 0 spiro atoms. The Morgan fingerprint density at radius 2 is 1.83 bits per heavy atom. The van der Waals surface area contributed by atoms with Gasteiger partial charge in [0.1, 0.15) is 0 Å². The highest BCUT2D eigenvalue weighted by Gasteiger charge is 2.06. The van der Waals surface area contributed by atoms with Gasteiger partial charge in [0.15, 0.2) is 0 Å². The van der Waals surface area contributed by atoms with E-state index in [4.69, 9.17) is 0 Å². The standard InChI is InChI=1S/C10H15PS/c1-3-11(12-4-2)10-8-6-5-7-9-10/h5-9H,3-4H2,1-2H3. The second-order valence-corrected chi connectivity index (χ2v) is 7.29. The van der Waals surface area contributed by atoms with E-state index in [1.807, 2.05) is 0 Å². The number of rotatable bonds is 4. The van der Waals surface area contributed by atoms with Gasteiger partial charge in [-0.05, 0) is 24.3 Å². The molecule has 1 rings (SSSR count). The molecular formula is C10H15PS. The molecule has 0 heterocycles. The van der Waals surface area contributed by atoms with Gasteiger partial charge in [-0.15, -0.1) is 11.4 Å². The minimum atomic E-state index is 0.0630. The van der Waals surface area contributed by atoms with Crippen LogP contribution in [0.5, 0.6) is 0 Å². The van der Waals surface area contributed by atoms with Gasteiger partial charge in [0, 0.05) is 0 Å². The maximum absolute atomic E-state index is 2.28. The first-order valence-electron chi connectivity index (χ1n) is 4.34. The minimum Gasteiger partial charge on any atom is -0.130 e. The van der Waals surface area contributed by atoms with E-state index < -0.39 is 0 Å². The van der Waals surface area contributed by atoms with Crippen LogP contribution >= 0.6 is 18.5 Å². The van der Waals surface area contributed by atoms with Crippen LogP contribution in [0.25, 0.3) is 0 Å². The van der Waals surface area contributed by atoms with Crippen LogP contribution in [0, 0.1) is 0 Å². The topological polar surface area (TPSA) is 0 Å². The molecule has 0 saturated heterocycles. The van der Waals surface area contributed by atoms with Crippen LogP contribution < -0.4 is 5.30 Å². The van der Waals surface area contributed by atoms with Crippen LogP contribution in [0.3, 0.4) is 0 Å². The molecule has 0 N–H and O–H groups in total. The Hall–Kier alpha value is 0. The third-order valence-corrected chi connectivity index (χ3v) is 6.75. The van der Waals surface area contributed by atoms with Gasteiger partial charge >= 0.3 is 0 Å². The zero-order valence-corrected chi connectivity index (χ0v) is 9.37. The summed E-state index contributed by atoms with van der Waals surface area (Å²) in [5, 5.41) is 1.53. The molecule has 0 aliphatic heterocycles. The molecule has 0 amide bonds. The lowest BCUT2D eigenvalue weighted by atomic mass is 10.4. The first kappa shape index (κ1) is 10.1. The molecule has 66 valence electrons. The van der Waals surface area contributed by atoms with Crippen molar-refractivity contribution in [2.75, 3.05) is 11.9 Å². The van der Waals surface area contributed by atoms with Crippen molar-refractivity contribution in [3.63, 3.8) is 0 Å². The highest BCUT2D eigenvalue weighted by molar-refractivity contribution is 8.57. The average molecular weight is 198 g/mol. The van der Waals surface area contributed by atoms with Crippen molar-refractivity contribution in [1.29, 1.82) is 0 Å². The summed E-state index contributed by atoms with van der Waals surface area (Å²) in [6.45, 7) is 4.51. The van der Waals surface area contributed by atoms with Crippen molar-refractivity contribution in [3.05, 3.63) is 30.3 Å². The largest absolute Gasteiger partial charge is 0.130 e. The molecule has 2 heteroatoms. The summed E-state index contributed by atoms with van der Waals surface area (Å²) < 4.78 is 0. The molecule has 0 aliphatic carbocycles. The molecule has 1 unspecified atom stereocenters. The average Bonchev–Trinajstić information content (AvgIpc) is 2.15. The third kappa shape index (κ3) is 2.80. The second-order valence-electron chi connectivity index (χ2n) is 2.45. The van der Waals surface area contributed by atoms with Gasteiger partial charge in [0.25, 0.3) is 0 Å². The molecule has 12 heavy (non-hydrogen) atoms. The predicted octanol–water partition coefficient (Wildman–Crippen LogP) is 3.48. The van der Waals surface area contributed by atoms with Gasteiger partial charge in [0.05, 0.1) is 0 Å². The van der Waals surface area contributed by atoms with Gasteiger partial charge in [-0.2, -0.15) is 0 Å². The van der Waals surface area contributed by atoms with Gasteiger partial charge in [-0.1, -0.05) is 44.2 Å². The predicted molar refractivity (Wildman–Crippen MR) is 61.7 cm³/mol. The minimum absolute atomic E-state index is 0.0630. The highest BCUT2D eigenvalue weighted by Crippen LogP contribution is 2.47. The van der Waals surface area contributed by atoms with E-state index in [0.717, 1.165) is 0 Å². The fraction of sp³-hybridized carbons (Fsp3) is 0.400. The van der Waals surface area contributed by atoms with Crippen LogP contribution in [0.1, 0.15) is 13.8 Å². The van der Waals surface area contributed by atoms with Crippen LogP contribution in [-0.2, 0) is 0 Å². The Kier molecular flexibility index (Phi) is 4.72. The molecule has 1 atom stereocenters. The van der Waals surface area contributed by atoms with E-state index in [2.05, 4.69) is 55.6 Å². The molecule has 1 aromatic carbocycles. The van der Waals surface area contributed by atoms with E-state index >= 15 is 0 Å². The van der Waals surface area contributed by atoms with Crippen molar-refractivity contribution >= 4 is 23.8 Å². The Morgan fingerprint density at radius 1 is 1.17 bits per heavy atom. The monoisotopic (exact) mass is 198 g/mol. The van der Waals surface area contributed by atoms with Crippen molar-refractivity contribution < 1.29 is 0 Å². The van der Waals surface area contributed by atoms with Crippen LogP contribution in [0.15, 0.2) is 30.3 Å². The van der Waals surface area contributed by atoms with Gasteiger partial charge in [0.2, 0.25) is 0 Å². The van der Waals surface area contributed by atoms with Crippen LogP contribution in [-0.4, -0.2) is 11.9 Å². The van der Waals surface area contributed by atoms with Crippen LogP contribution in [0.4, 0.5) is 0 Å². The zero-order chi connectivity index (χ0) is 8.81. The summed E-state index contributed by atoms with van der Waals surface area (Å²) in [6.07, 6.45) is 1.29. The van der Waals surface area contributed by atoms with E-state index in [1.54, 1.807) is 0 Å². The molecule has 0 nitrogen and oxygen atoms in total. The number of hydrogen-bond acceptors (Lipinski definition) is 1. The number of benzene rings is 1. The molecule has 1 aromatic rings. The van der Waals surface area contributed by atoms with E-state index in [0.29, 0.717) is 0 Å². The SMILES string of the molecule is CCSP(CC)c1ccccc1. The van der Waals surface area contributed by atoms with E-state index in [-0.39, 0.29) is 7.12 Å². The first-order chi connectivity index (χ1) is 5.88. The summed E-state index contributed by atoms with van der Waals surface area (Å²) in [5.74, 6) is 1.23. The smallest absolute Gasteiger partial charge is 0.00509 e. The summed E-state index contributed by atoms with van der Waals surface area (Å²) in [6, 6.07) is 10.9. The van der Waals surface area contributed by atoms with Crippen LogP contribution in [0.2, 0.25) is 0 Å².